The van der Waals surface area contributed by atoms with Gasteiger partial charge in [-0.15, -0.1) is 0 Å². The van der Waals surface area contributed by atoms with E-state index in [1.807, 2.05) is 48.7 Å². The molecule has 0 unspecified atom stereocenters. The summed E-state index contributed by atoms with van der Waals surface area (Å²) in [5.74, 6) is 0.375. The van der Waals surface area contributed by atoms with Crippen molar-refractivity contribution in [2.24, 2.45) is 11.3 Å². The second kappa shape index (κ2) is 9.97. The first-order valence-corrected chi connectivity index (χ1v) is 12.5. The van der Waals surface area contributed by atoms with Crippen LogP contribution in [0.4, 0.5) is 10.5 Å². The number of hydrogen-bond donors (Lipinski definition) is 2. The molecule has 0 radical (unpaired) electrons. The van der Waals surface area contributed by atoms with E-state index in [9.17, 15) is 14.4 Å². The maximum Gasteiger partial charge on any atom is 0.319 e. The summed E-state index contributed by atoms with van der Waals surface area (Å²) in [4.78, 5) is 46.6. The summed E-state index contributed by atoms with van der Waals surface area (Å²) in [6.07, 6.45) is 3.58. The molecule has 3 heterocycles. The molecule has 2 saturated heterocycles. The topological polar surface area (TPSA) is 88.2 Å². The van der Waals surface area contributed by atoms with Crippen molar-refractivity contribution in [3.05, 3.63) is 41.2 Å². The van der Waals surface area contributed by atoms with Crippen LogP contribution in [0.5, 0.6) is 0 Å². The van der Waals surface area contributed by atoms with Gasteiger partial charge in [-0.25, -0.2) is 4.79 Å². The van der Waals surface area contributed by atoms with Crippen molar-refractivity contribution in [3.8, 4) is 0 Å². The van der Waals surface area contributed by atoms with E-state index in [0.29, 0.717) is 42.9 Å². The van der Waals surface area contributed by atoms with E-state index < -0.39 is 17.5 Å². The Balaban J connectivity index is 1.30. The van der Waals surface area contributed by atoms with E-state index in [4.69, 9.17) is 11.6 Å². The third kappa shape index (κ3) is 5.83. The molecule has 9 nitrogen and oxygen atoms in total. The number of anilines is 1. The number of rotatable bonds is 5. The molecule has 0 aliphatic carbocycles. The Kier molecular flexibility index (Phi) is 7.17. The number of halogens is 1. The Morgan fingerprint density at radius 2 is 1.77 bits per heavy atom. The molecule has 2 N–H and O–H groups in total. The minimum Gasteiger partial charge on any atom is -0.361 e. The smallest absolute Gasteiger partial charge is 0.319 e. The summed E-state index contributed by atoms with van der Waals surface area (Å²) >= 11 is 5.91. The van der Waals surface area contributed by atoms with Gasteiger partial charge < -0.3 is 30.2 Å². The zero-order valence-corrected chi connectivity index (χ0v) is 21.6. The molecule has 4 rings (SSSR count). The second-order valence-corrected chi connectivity index (χ2v) is 11.2. The van der Waals surface area contributed by atoms with E-state index in [1.165, 1.54) is 0 Å². The molecule has 0 aromatic heterocycles. The average molecular weight is 503 g/mol. The van der Waals surface area contributed by atoms with Crippen LogP contribution in [-0.2, 0) is 9.59 Å². The van der Waals surface area contributed by atoms with Crippen molar-refractivity contribution in [2.45, 2.75) is 39.7 Å². The highest BCUT2D eigenvalue weighted by molar-refractivity contribution is 6.30. The summed E-state index contributed by atoms with van der Waals surface area (Å²) < 4.78 is 0. The first-order valence-electron chi connectivity index (χ1n) is 12.1. The maximum absolute atomic E-state index is 13.4. The minimum absolute atomic E-state index is 0.0757. The molecule has 0 spiro atoms. The standard InChI is InChI=1S/C25H35ClN6O3/c1-25(2,3)21(28-24(35)27-19-7-5-18(26)6-8-19)23(34)30-11-9-17(10-12-30)13-31-16-32-15-29(4)14-20(32)22(31)33/h5-8,14,17,21H,9-13,15-16H2,1-4H3,(H2,27,28,35)/t21-/m0/s1. The number of piperidine rings is 1. The number of nitrogens with one attached hydrogen (secondary N) is 2. The van der Waals surface area contributed by atoms with Gasteiger partial charge in [0.05, 0.1) is 13.3 Å². The molecule has 3 aliphatic heterocycles. The number of benzene rings is 1. The quantitative estimate of drug-likeness (QED) is 0.646. The van der Waals surface area contributed by atoms with Gasteiger partial charge in [-0.3, -0.25) is 9.59 Å². The van der Waals surface area contributed by atoms with Crippen molar-refractivity contribution in [1.29, 1.82) is 0 Å². The SMILES string of the molecule is CN1C=C2C(=O)N(CC3CCN(C(=O)[C@H](NC(=O)Nc4ccc(Cl)cc4)C(C)(C)C)CC3)CN2C1. The van der Waals surface area contributed by atoms with Crippen LogP contribution in [-0.4, -0.2) is 83.5 Å². The van der Waals surface area contributed by atoms with Crippen molar-refractivity contribution in [1.82, 2.24) is 24.9 Å². The number of amides is 4. The number of fused-ring (bicyclic) bond motifs is 1. The van der Waals surface area contributed by atoms with E-state index in [-0.39, 0.29) is 11.8 Å². The van der Waals surface area contributed by atoms with E-state index in [0.717, 1.165) is 25.2 Å². The highest BCUT2D eigenvalue weighted by Gasteiger charge is 2.40. The second-order valence-electron chi connectivity index (χ2n) is 10.8. The highest BCUT2D eigenvalue weighted by Crippen LogP contribution is 2.28. The van der Waals surface area contributed by atoms with Gasteiger partial charge in [0.25, 0.3) is 5.91 Å². The third-order valence-electron chi connectivity index (χ3n) is 6.82. The largest absolute Gasteiger partial charge is 0.361 e. The Morgan fingerprint density at radius 1 is 1.11 bits per heavy atom. The minimum atomic E-state index is -0.664. The molecule has 1 aromatic rings. The fraction of sp³-hybridized carbons (Fsp3) is 0.560. The lowest BCUT2D eigenvalue weighted by Crippen LogP contribution is -2.57. The van der Waals surface area contributed by atoms with Crippen molar-refractivity contribution >= 4 is 35.1 Å². The number of carbonyl (C=O) groups excluding carboxylic acids is 3. The van der Waals surface area contributed by atoms with Crippen molar-refractivity contribution < 1.29 is 14.4 Å². The molecule has 190 valence electrons. The Morgan fingerprint density at radius 3 is 2.37 bits per heavy atom. The lowest BCUT2D eigenvalue weighted by molar-refractivity contribution is -0.137. The molecule has 0 saturated carbocycles. The van der Waals surface area contributed by atoms with E-state index in [2.05, 4.69) is 15.5 Å². The predicted octanol–water partition coefficient (Wildman–Crippen LogP) is 2.96. The average Bonchev–Trinajstić information content (AvgIpc) is 3.29. The fourth-order valence-corrected chi connectivity index (χ4v) is 5.00. The molecule has 0 bridgehead atoms. The van der Waals surface area contributed by atoms with Crippen LogP contribution in [0.2, 0.25) is 5.02 Å². The Labute approximate surface area is 212 Å². The highest BCUT2D eigenvalue weighted by atomic mass is 35.5. The summed E-state index contributed by atoms with van der Waals surface area (Å²) in [7, 11) is 1.97. The van der Waals surface area contributed by atoms with Crippen molar-refractivity contribution in [3.63, 3.8) is 0 Å². The third-order valence-corrected chi connectivity index (χ3v) is 7.07. The van der Waals surface area contributed by atoms with Gasteiger partial charge in [-0.05, 0) is 48.4 Å². The van der Waals surface area contributed by atoms with Gasteiger partial charge in [0.1, 0.15) is 11.7 Å². The number of nitrogens with zero attached hydrogens (tertiary/aromatic N) is 4. The summed E-state index contributed by atoms with van der Waals surface area (Å²) in [5, 5.41) is 6.23. The molecule has 35 heavy (non-hydrogen) atoms. The van der Waals surface area contributed by atoms with Crippen LogP contribution in [0.1, 0.15) is 33.6 Å². The van der Waals surface area contributed by atoms with Crippen molar-refractivity contribution in [2.75, 3.05) is 45.3 Å². The first-order chi connectivity index (χ1) is 16.5. The van der Waals surface area contributed by atoms with Crippen LogP contribution >= 0.6 is 11.6 Å². The molecule has 10 heteroatoms. The van der Waals surface area contributed by atoms with Gasteiger partial charge in [0.15, 0.2) is 0 Å². The van der Waals surface area contributed by atoms with Gasteiger partial charge in [0.2, 0.25) is 5.91 Å². The van der Waals surface area contributed by atoms with Gasteiger partial charge in [-0.2, -0.15) is 0 Å². The molecule has 3 aliphatic rings. The lowest BCUT2D eigenvalue weighted by atomic mass is 9.85. The molecule has 1 atom stereocenters. The number of carbonyl (C=O) groups is 3. The summed E-state index contributed by atoms with van der Waals surface area (Å²) in [5.41, 5.74) is 0.920. The van der Waals surface area contributed by atoms with Crippen LogP contribution < -0.4 is 10.6 Å². The Bertz CT molecular complexity index is 997. The Hall–Kier alpha value is -2.94. The maximum atomic E-state index is 13.4. The lowest BCUT2D eigenvalue weighted by Gasteiger charge is -2.39. The number of urea groups is 1. The van der Waals surface area contributed by atoms with Gasteiger partial charge in [0, 0.05) is 43.6 Å². The molecular formula is C25H35ClN6O3. The zero-order chi connectivity index (χ0) is 25.3. The monoisotopic (exact) mass is 502 g/mol. The number of likely N-dealkylation sites (tertiary alicyclic amines) is 1. The van der Waals surface area contributed by atoms with E-state index in [1.54, 1.807) is 24.3 Å². The molecule has 4 amide bonds. The molecule has 2 fully saturated rings. The van der Waals surface area contributed by atoms with E-state index >= 15 is 0 Å². The fourth-order valence-electron chi connectivity index (χ4n) is 4.87. The predicted molar refractivity (Wildman–Crippen MR) is 135 cm³/mol. The first kappa shape index (κ1) is 25.2. The summed E-state index contributed by atoms with van der Waals surface area (Å²) in [6, 6.07) is 5.73. The summed E-state index contributed by atoms with van der Waals surface area (Å²) in [6.45, 7) is 9.17. The van der Waals surface area contributed by atoms with Gasteiger partial charge in [-0.1, -0.05) is 32.4 Å². The van der Waals surface area contributed by atoms with Crippen LogP contribution in [0.25, 0.3) is 0 Å². The molecule has 1 aromatic carbocycles. The normalized spacial score (nSPS) is 19.6. The van der Waals surface area contributed by atoms with Crippen LogP contribution in [0.15, 0.2) is 36.2 Å². The van der Waals surface area contributed by atoms with Crippen LogP contribution in [0.3, 0.4) is 0 Å². The van der Waals surface area contributed by atoms with Gasteiger partial charge >= 0.3 is 6.03 Å². The van der Waals surface area contributed by atoms with Crippen LogP contribution in [0, 0.1) is 11.3 Å². The number of hydrogen-bond acceptors (Lipinski definition) is 5. The molecular weight excluding hydrogens is 468 g/mol. The zero-order valence-electron chi connectivity index (χ0n) is 20.9.